The summed E-state index contributed by atoms with van der Waals surface area (Å²) < 4.78 is 25.6. The van der Waals surface area contributed by atoms with Gasteiger partial charge in [-0.25, -0.2) is 4.79 Å². The van der Waals surface area contributed by atoms with Crippen LogP contribution in [0.25, 0.3) is 10.8 Å². The number of aliphatic hydroxyl groups excluding tert-OH is 1. The predicted octanol–water partition coefficient (Wildman–Crippen LogP) is 6.91. The number of hydrogen-bond donors (Lipinski definition) is 1. The second-order valence-corrected chi connectivity index (χ2v) is 11.5. The molecule has 0 radical (unpaired) electrons. The van der Waals surface area contributed by atoms with Gasteiger partial charge >= 0.3 is 6.09 Å². The lowest BCUT2D eigenvalue weighted by Crippen LogP contribution is -2.65. The second kappa shape index (κ2) is 15.7. The normalized spacial score (nSPS) is 19.6. The first-order chi connectivity index (χ1) is 22.7. The average Bonchev–Trinajstić information content (AvgIpc) is 3.12. The number of hydrogen-bond acceptors (Lipinski definition) is 6. The van der Waals surface area contributed by atoms with Gasteiger partial charge in [-0.05, 0) is 33.0 Å². The summed E-state index contributed by atoms with van der Waals surface area (Å²) >= 11 is 0. The van der Waals surface area contributed by atoms with E-state index >= 15 is 0 Å². The van der Waals surface area contributed by atoms with E-state index in [1.165, 1.54) is 4.90 Å². The van der Waals surface area contributed by atoms with Crippen molar-refractivity contribution in [2.75, 3.05) is 13.2 Å². The van der Waals surface area contributed by atoms with Crippen LogP contribution in [0.2, 0.25) is 0 Å². The van der Waals surface area contributed by atoms with Crippen molar-refractivity contribution in [2.45, 2.75) is 50.8 Å². The van der Waals surface area contributed by atoms with E-state index in [-0.39, 0.29) is 26.4 Å². The molecule has 236 valence electrons. The summed E-state index contributed by atoms with van der Waals surface area (Å²) in [6.07, 6.45) is -2.41. The van der Waals surface area contributed by atoms with Crippen molar-refractivity contribution in [3.8, 4) is 0 Å². The van der Waals surface area contributed by atoms with Crippen LogP contribution in [-0.2, 0) is 45.4 Å². The van der Waals surface area contributed by atoms with Crippen LogP contribution in [0.1, 0.15) is 22.3 Å². The molecule has 1 N–H and O–H groups in total. The Kier molecular flexibility index (Phi) is 10.7. The van der Waals surface area contributed by atoms with E-state index in [0.717, 1.165) is 33.0 Å². The monoisotopic (exact) mass is 617 g/mol. The number of aliphatic hydroxyl groups is 1. The maximum atomic E-state index is 13.7. The predicted molar refractivity (Wildman–Crippen MR) is 177 cm³/mol. The van der Waals surface area contributed by atoms with E-state index in [4.69, 9.17) is 18.9 Å². The molecule has 7 nitrogen and oxygen atoms in total. The molecule has 1 aliphatic heterocycles. The van der Waals surface area contributed by atoms with Crippen LogP contribution >= 0.6 is 0 Å². The van der Waals surface area contributed by atoms with E-state index in [9.17, 15) is 9.90 Å². The highest BCUT2D eigenvalue weighted by Gasteiger charge is 2.48. The Labute approximate surface area is 269 Å². The molecule has 1 heterocycles. The molecule has 5 aromatic carbocycles. The molecule has 1 aliphatic rings. The lowest BCUT2D eigenvalue weighted by atomic mass is 9.93. The Bertz CT molecular complexity index is 1660. The Morgan fingerprint density at radius 1 is 0.609 bits per heavy atom. The number of likely N-dealkylation sites (tertiary alicyclic amines) is 1. The van der Waals surface area contributed by atoms with Crippen LogP contribution in [0.5, 0.6) is 0 Å². The zero-order valence-corrected chi connectivity index (χ0v) is 25.7. The van der Waals surface area contributed by atoms with Gasteiger partial charge in [0.1, 0.15) is 24.9 Å². The Morgan fingerprint density at radius 2 is 1.15 bits per heavy atom. The quantitative estimate of drug-likeness (QED) is 0.164. The number of rotatable bonds is 12. The maximum Gasteiger partial charge on any atom is 0.410 e. The fraction of sp³-hybridized carbons (Fsp3) is 0.256. The minimum atomic E-state index is -0.726. The summed E-state index contributed by atoms with van der Waals surface area (Å²) in [4.78, 5) is 15.2. The van der Waals surface area contributed by atoms with Gasteiger partial charge in [0.15, 0.2) is 0 Å². The average molecular weight is 618 g/mol. The first-order valence-electron chi connectivity index (χ1n) is 15.7. The molecule has 46 heavy (non-hydrogen) atoms. The van der Waals surface area contributed by atoms with Crippen LogP contribution in [0.4, 0.5) is 4.79 Å². The highest BCUT2D eigenvalue weighted by Crippen LogP contribution is 2.30. The topological polar surface area (TPSA) is 77.5 Å². The third-order valence-corrected chi connectivity index (χ3v) is 8.38. The zero-order valence-electron chi connectivity index (χ0n) is 25.7. The van der Waals surface area contributed by atoms with Gasteiger partial charge in [-0.3, -0.25) is 4.90 Å². The number of fused-ring (bicyclic) bond motifs is 1. The maximum absolute atomic E-state index is 13.7. The van der Waals surface area contributed by atoms with Gasteiger partial charge in [0.2, 0.25) is 0 Å². The minimum Gasteiger partial charge on any atom is -0.445 e. The molecule has 7 heteroatoms. The van der Waals surface area contributed by atoms with Crippen LogP contribution in [0.3, 0.4) is 0 Å². The Morgan fingerprint density at radius 3 is 1.80 bits per heavy atom. The van der Waals surface area contributed by atoms with E-state index in [2.05, 4.69) is 18.2 Å². The first kappa shape index (κ1) is 31.5. The van der Waals surface area contributed by atoms with Gasteiger partial charge in [-0.1, -0.05) is 133 Å². The van der Waals surface area contributed by atoms with Gasteiger partial charge in [-0.2, -0.15) is 0 Å². The summed E-state index contributed by atoms with van der Waals surface area (Å²) in [5, 5.41) is 13.0. The largest absolute Gasteiger partial charge is 0.445 e. The van der Waals surface area contributed by atoms with Crippen molar-refractivity contribution in [2.24, 2.45) is 0 Å². The molecule has 0 spiro atoms. The number of ether oxygens (including phenoxy) is 4. The molecular formula is C39H39NO6. The fourth-order valence-electron chi connectivity index (χ4n) is 5.96. The van der Waals surface area contributed by atoms with Crippen LogP contribution in [-0.4, -0.2) is 53.6 Å². The summed E-state index contributed by atoms with van der Waals surface area (Å²) in [5.74, 6) is 0. The molecule has 6 rings (SSSR count). The van der Waals surface area contributed by atoms with Crippen molar-refractivity contribution in [1.29, 1.82) is 0 Å². The van der Waals surface area contributed by atoms with E-state index in [0.29, 0.717) is 13.2 Å². The molecular weight excluding hydrogens is 578 g/mol. The van der Waals surface area contributed by atoms with Crippen LogP contribution < -0.4 is 0 Å². The van der Waals surface area contributed by atoms with Gasteiger partial charge in [0, 0.05) is 0 Å². The van der Waals surface area contributed by atoms with Crippen molar-refractivity contribution in [3.63, 3.8) is 0 Å². The van der Waals surface area contributed by atoms with E-state index in [1.807, 2.05) is 115 Å². The highest BCUT2D eigenvalue weighted by atomic mass is 16.6. The van der Waals surface area contributed by atoms with Crippen LogP contribution in [0, 0.1) is 0 Å². The summed E-state index contributed by atoms with van der Waals surface area (Å²) in [5.41, 5.74) is 3.88. The lowest BCUT2D eigenvalue weighted by molar-refractivity contribution is -0.202. The summed E-state index contributed by atoms with van der Waals surface area (Å²) in [6.45, 7) is 0.840. The summed E-state index contributed by atoms with van der Waals surface area (Å²) in [7, 11) is 0. The number of benzene rings is 5. The first-order valence-corrected chi connectivity index (χ1v) is 15.7. The number of piperidine rings is 1. The Balaban J connectivity index is 1.30. The standard InChI is InChI=1S/C39H39NO6/c41-24-35-37(45-28-33-21-12-20-32-19-10-11-22-34(32)33)38(44-26-30-15-6-2-7-16-30)36(43-25-29-13-4-1-5-14-29)23-40(35)39(42)46-27-31-17-8-3-9-18-31/h1-22,35-38,41H,23-28H2/t35-,36-,37+,38+/m0/s1. The third-order valence-electron chi connectivity index (χ3n) is 8.38. The lowest BCUT2D eigenvalue weighted by Gasteiger charge is -2.47. The third kappa shape index (κ3) is 7.81. The van der Waals surface area contributed by atoms with E-state index in [1.54, 1.807) is 0 Å². The number of nitrogens with zero attached hydrogens (tertiary/aromatic N) is 1. The number of carbonyl (C=O) groups excluding carboxylic acids is 1. The van der Waals surface area contributed by atoms with Crippen molar-refractivity contribution < 1.29 is 28.8 Å². The molecule has 0 saturated carbocycles. The molecule has 5 aromatic rings. The number of amides is 1. The molecule has 0 aliphatic carbocycles. The second-order valence-electron chi connectivity index (χ2n) is 11.5. The Hall–Kier alpha value is -4.53. The van der Waals surface area contributed by atoms with Crippen molar-refractivity contribution in [3.05, 3.63) is 156 Å². The fourth-order valence-corrected chi connectivity index (χ4v) is 5.96. The molecule has 4 atom stereocenters. The van der Waals surface area contributed by atoms with Gasteiger partial charge < -0.3 is 24.1 Å². The van der Waals surface area contributed by atoms with Crippen molar-refractivity contribution in [1.82, 2.24) is 4.90 Å². The van der Waals surface area contributed by atoms with Gasteiger partial charge in [0.05, 0.1) is 39.0 Å². The van der Waals surface area contributed by atoms with Gasteiger partial charge in [0.25, 0.3) is 0 Å². The minimum absolute atomic E-state index is 0.110. The highest BCUT2D eigenvalue weighted by molar-refractivity contribution is 5.85. The molecule has 1 fully saturated rings. The van der Waals surface area contributed by atoms with E-state index < -0.39 is 30.4 Å². The molecule has 1 saturated heterocycles. The molecule has 0 aromatic heterocycles. The van der Waals surface area contributed by atoms with Crippen LogP contribution in [0.15, 0.2) is 133 Å². The van der Waals surface area contributed by atoms with Gasteiger partial charge in [-0.15, -0.1) is 0 Å². The smallest absolute Gasteiger partial charge is 0.410 e. The SMILES string of the molecule is O=C(OCc1ccccc1)N1C[C@H](OCc2ccccc2)[C@@H](OCc2ccccc2)[C@H](OCc2cccc3ccccc23)[C@@H]1CO. The molecule has 0 unspecified atom stereocenters. The number of carbonyl (C=O) groups is 1. The molecule has 0 bridgehead atoms. The summed E-state index contributed by atoms with van der Waals surface area (Å²) in [6, 6.07) is 42.9. The molecule has 1 amide bonds. The van der Waals surface area contributed by atoms with Crippen molar-refractivity contribution >= 4 is 16.9 Å². The zero-order chi connectivity index (χ0) is 31.6.